The van der Waals surface area contributed by atoms with Gasteiger partial charge in [0.25, 0.3) is 0 Å². The molecule has 0 amide bonds. The molecule has 0 bridgehead atoms. The fraction of sp³-hybridized carbons (Fsp3) is 0.263. The summed E-state index contributed by atoms with van der Waals surface area (Å²) >= 11 is 0.939. The van der Waals surface area contributed by atoms with E-state index in [0.29, 0.717) is 15.8 Å². The average Bonchev–Trinajstić information content (AvgIpc) is 3.01. The van der Waals surface area contributed by atoms with Crippen molar-refractivity contribution < 1.29 is 17.9 Å². The van der Waals surface area contributed by atoms with Crippen LogP contribution in [-0.4, -0.2) is 26.0 Å². The lowest BCUT2D eigenvalue weighted by molar-refractivity contribution is -0.143. The number of nitrogens with one attached hydrogen (secondary N) is 2. The van der Waals surface area contributed by atoms with Crippen molar-refractivity contribution in [3.05, 3.63) is 63.3 Å². The Balaban J connectivity index is 1.93. The monoisotopic (exact) mass is 420 g/mol. The fourth-order valence-electron chi connectivity index (χ4n) is 2.76. The number of thiazole rings is 1. The van der Waals surface area contributed by atoms with Crippen LogP contribution in [0, 0.1) is 6.92 Å². The highest BCUT2D eigenvalue weighted by Gasteiger charge is 2.25. The van der Waals surface area contributed by atoms with Gasteiger partial charge >= 0.3 is 10.8 Å². The molecule has 7 nitrogen and oxygen atoms in total. The minimum atomic E-state index is -3.93. The molecule has 28 heavy (non-hydrogen) atoms. The van der Waals surface area contributed by atoms with Crippen molar-refractivity contribution in [1.29, 1.82) is 0 Å². The van der Waals surface area contributed by atoms with Gasteiger partial charge in [0.1, 0.15) is 0 Å². The molecule has 0 saturated heterocycles. The second kappa shape index (κ2) is 8.26. The Morgan fingerprint density at radius 2 is 1.93 bits per heavy atom. The number of H-pyrrole nitrogens is 1. The van der Waals surface area contributed by atoms with Crippen LogP contribution in [0.25, 0.3) is 10.2 Å². The van der Waals surface area contributed by atoms with Gasteiger partial charge in [-0.2, -0.15) is 0 Å². The van der Waals surface area contributed by atoms with E-state index in [0.717, 1.165) is 16.9 Å². The lowest BCUT2D eigenvalue weighted by Gasteiger charge is -2.19. The number of hydrogen-bond donors (Lipinski definition) is 2. The summed E-state index contributed by atoms with van der Waals surface area (Å²) < 4.78 is 34.0. The van der Waals surface area contributed by atoms with Gasteiger partial charge in [-0.05, 0) is 37.6 Å². The maximum atomic E-state index is 12.9. The third-order valence-electron chi connectivity index (χ3n) is 4.16. The first-order valence-electron chi connectivity index (χ1n) is 8.66. The molecule has 0 aliphatic rings. The van der Waals surface area contributed by atoms with E-state index in [9.17, 15) is 18.0 Å². The predicted octanol–water partition coefficient (Wildman–Crippen LogP) is 2.87. The van der Waals surface area contributed by atoms with E-state index < -0.39 is 22.0 Å². The molecule has 2 aromatic carbocycles. The van der Waals surface area contributed by atoms with E-state index >= 15 is 0 Å². The van der Waals surface area contributed by atoms with Crippen molar-refractivity contribution >= 4 is 37.5 Å². The van der Waals surface area contributed by atoms with Gasteiger partial charge in [-0.25, -0.2) is 13.1 Å². The van der Waals surface area contributed by atoms with E-state index in [-0.39, 0.29) is 22.8 Å². The van der Waals surface area contributed by atoms with Crippen LogP contribution < -0.4 is 9.60 Å². The molecule has 1 aromatic heterocycles. The number of hydrogen-bond acceptors (Lipinski definition) is 6. The SMILES string of the molecule is CCOC(=O)C[C@H](NS(=O)(=O)c1ccc2[nH]c(=O)sc2c1)c1ccc(C)cc1. The van der Waals surface area contributed by atoms with Gasteiger partial charge in [-0.1, -0.05) is 41.2 Å². The zero-order chi connectivity index (χ0) is 20.3. The largest absolute Gasteiger partial charge is 0.466 e. The van der Waals surface area contributed by atoms with Gasteiger partial charge in [0.15, 0.2) is 0 Å². The average molecular weight is 421 g/mol. The molecule has 0 fully saturated rings. The smallest absolute Gasteiger partial charge is 0.307 e. The van der Waals surface area contributed by atoms with Crippen LogP contribution in [-0.2, 0) is 19.6 Å². The molecule has 0 saturated carbocycles. The number of fused-ring (bicyclic) bond motifs is 1. The van der Waals surface area contributed by atoms with Gasteiger partial charge in [-0.3, -0.25) is 9.59 Å². The number of sulfonamides is 1. The molecule has 0 aliphatic carbocycles. The first-order valence-corrected chi connectivity index (χ1v) is 11.0. The van der Waals surface area contributed by atoms with Gasteiger partial charge < -0.3 is 9.72 Å². The molecule has 0 unspecified atom stereocenters. The Labute approximate surface area is 166 Å². The third kappa shape index (κ3) is 4.67. The molecule has 3 aromatic rings. The Morgan fingerprint density at radius 3 is 2.61 bits per heavy atom. The van der Waals surface area contributed by atoms with Crippen molar-refractivity contribution in [3.63, 3.8) is 0 Å². The standard InChI is InChI=1S/C19H20N2O5S2/c1-3-26-18(22)11-16(13-6-4-12(2)5-7-13)21-28(24,25)14-8-9-15-17(10-14)27-19(23)20-15/h4-10,16,21H,3,11H2,1-2H3,(H,20,23)/t16-/m0/s1. The summed E-state index contributed by atoms with van der Waals surface area (Å²) in [6.45, 7) is 3.83. The summed E-state index contributed by atoms with van der Waals surface area (Å²) in [7, 11) is -3.93. The number of aryl methyl sites for hydroxylation is 1. The Kier molecular flexibility index (Phi) is 5.97. The number of aromatic nitrogens is 1. The van der Waals surface area contributed by atoms with E-state index in [1.54, 1.807) is 25.1 Å². The zero-order valence-electron chi connectivity index (χ0n) is 15.4. The molecule has 1 atom stereocenters. The van der Waals surface area contributed by atoms with Gasteiger partial charge in [-0.15, -0.1) is 0 Å². The van der Waals surface area contributed by atoms with E-state index in [4.69, 9.17) is 4.74 Å². The third-order valence-corrected chi connectivity index (χ3v) is 6.47. The van der Waals surface area contributed by atoms with Crippen molar-refractivity contribution in [1.82, 2.24) is 9.71 Å². The fourth-order valence-corrected chi connectivity index (χ4v) is 4.86. The molecular weight excluding hydrogens is 400 g/mol. The molecule has 2 N–H and O–H groups in total. The second-order valence-corrected chi connectivity index (χ2v) is 8.99. The quantitative estimate of drug-likeness (QED) is 0.572. The van der Waals surface area contributed by atoms with Crippen molar-refractivity contribution in [3.8, 4) is 0 Å². The van der Waals surface area contributed by atoms with Crippen LogP contribution in [0.4, 0.5) is 0 Å². The highest BCUT2D eigenvalue weighted by atomic mass is 32.2. The summed E-state index contributed by atoms with van der Waals surface area (Å²) in [5.41, 5.74) is 2.26. The Hall–Kier alpha value is -2.49. The lowest BCUT2D eigenvalue weighted by atomic mass is 10.0. The van der Waals surface area contributed by atoms with E-state index in [1.165, 1.54) is 12.1 Å². The molecule has 3 rings (SSSR count). The molecule has 0 radical (unpaired) electrons. The van der Waals surface area contributed by atoms with Gasteiger partial charge in [0.05, 0.1) is 34.2 Å². The van der Waals surface area contributed by atoms with Crippen molar-refractivity contribution in [2.45, 2.75) is 31.2 Å². The molecule has 0 spiro atoms. The Bertz CT molecular complexity index is 1150. The van der Waals surface area contributed by atoms with Gasteiger partial charge in [0, 0.05) is 0 Å². The molecule has 0 aliphatic heterocycles. The van der Waals surface area contributed by atoms with Gasteiger partial charge in [0.2, 0.25) is 10.0 Å². The zero-order valence-corrected chi connectivity index (χ0v) is 17.0. The number of esters is 1. The van der Waals surface area contributed by atoms with Crippen LogP contribution in [0.2, 0.25) is 0 Å². The van der Waals surface area contributed by atoms with Crippen LogP contribution in [0.3, 0.4) is 0 Å². The lowest BCUT2D eigenvalue weighted by Crippen LogP contribution is -2.30. The number of rotatable bonds is 7. The summed E-state index contributed by atoms with van der Waals surface area (Å²) in [6, 6.07) is 10.9. The topological polar surface area (TPSA) is 105 Å². The maximum Gasteiger partial charge on any atom is 0.307 e. The predicted molar refractivity (Wildman–Crippen MR) is 108 cm³/mol. The second-order valence-electron chi connectivity index (χ2n) is 6.27. The highest BCUT2D eigenvalue weighted by Crippen LogP contribution is 2.24. The van der Waals surface area contributed by atoms with Crippen LogP contribution in [0.5, 0.6) is 0 Å². The number of aromatic amines is 1. The number of benzene rings is 2. The van der Waals surface area contributed by atoms with Crippen LogP contribution in [0.1, 0.15) is 30.5 Å². The summed E-state index contributed by atoms with van der Waals surface area (Å²) in [5.74, 6) is -0.491. The normalized spacial score (nSPS) is 12.8. The molecular formula is C19H20N2O5S2. The molecule has 9 heteroatoms. The number of ether oxygens (including phenoxy) is 1. The maximum absolute atomic E-state index is 12.9. The van der Waals surface area contributed by atoms with Crippen molar-refractivity contribution in [2.24, 2.45) is 0 Å². The summed E-state index contributed by atoms with van der Waals surface area (Å²) in [4.78, 5) is 25.9. The minimum Gasteiger partial charge on any atom is -0.466 e. The van der Waals surface area contributed by atoms with E-state index in [2.05, 4.69) is 9.71 Å². The number of carbonyl (C=O) groups excluding carboxylic acids is 1. The minimum absolute atomic E-state index is 0.0243. The van der Waals surface area contributed by atoms with Crippen LogP contribution >= 0.6 is 11.3 Å². The molecule has 1 heterocycles. The van der Waals surface area contributed by atoms with E-state index in [1.807, 2.05) is 19.1 Å². The van der Waals surface area contributed by atoms with Crippen LogP contribution in [0.15, 0.2) is 52.2 Å². The summed E-state index contributed by atoms with van der Waals surface area (Å²) in [5, 5.41) is 0. The Morgan fingerprint density at radius 1 is 1.21 bits per heavy atom. The summed E-state index contributed by atoms with van der Waals surface area (Å²) in [6.07, 6.45) is -0.129. The first kappa shape index (κ1) is 20.2. The van der Waals surface area contributed by atoms with Crippen molar-refractivity contribution in [2.75, 3.05) is 6.61 Å². The number of carbonyl (C=O) groups is 1. The first-order chi connectivity index (χ1) is 13.3. The highest BCUT2D eigenvalue weighted by molar-refractivity contribution is 7.89. The molecule has 148 valence electrons.